The fourth-order valence-corrected chi connectivity index (χ4v) is 3.63. The molecular formula is C21H21N5O2. The number of rotatable bonds is 4. The monoisotopic (exact) mass is 375 g/mol. The van der Waals surface area contributed by atoms with Crippen molar-refractivity contribution < 1.29 is 10.0 Å². The first-order chi connectivity index (χ1) is 13.7. The molecule has 0 saturated heterocycles. The minimum absolute atomic E-state index is 0.226. The summed E-state index contributed by atoms with van der Waals surface area (Å²) in [7, 11) is 2.00. The Kier molecular flexibility index (Phi) is 4.99. The first-order valence-corrected chi connectivity index (χ1v) is 9.18. The number of fused-ring (bicyclic) bond motifs is 1. The normalized spacial score (nSPS) is 15.6. The van der Waals surface area contributed by atoms with Gasteiger partial charge in [-0.2, -0.15) is 0 Å². The summed E-state index contributed by atoms with van der Waals surface area (Å²) in [5.74, 6) is 0.171. The van der Waals surface area contributed by atoms with Crippen molar-refractivity contribution in [1.82, 2.24) is 20.4 Å². The average molecular weight is 375 g/mol. The Morgan fingerprint density at radius 1 is 1.21 bits per heavy atom. The topological polar surface area (TPSA) is 91.2 Å². The highest BCUT2D eigenvalue weighted by molar-refractivity contribution is 5.93. The summed E-state index contributed by atoms with van der Waals surface area (Å²) >= 11 is 0. The van der Waals surface area contributed by atoms with E-state index in [-0.39, 0.29) is 6.04 Å². The van der Waals surface area contributed by atoms with Crippen molar-refractivity contribution in [2.75, 3.05) is 11.9 Å². The second kappa shape index (κ2) is 7.74. The van der Waals surface area contributed by atoms with Crippen LogP contribution in [-0.2, 0) is 12.8 Å². The van der Waals surface area contributed by atoms with Crippen molar-refractivity contribution in [3.05, 3.63) is 71.7 Å². The molecule has 0 bridgehead atoms. The molecule has 1 amide bonds. The third kappa shape index (κ3) is 3.57. The van der Waals surface area contributed by atoms with Gasteiger partial charge in [0.1, 0.15) is 0 Å². The van der Waals surface area contributed by atoms with Crippen molar-refractivity contribution in [3.8, 4) is 11.3 Å². The van der Waals surface area contributed by atoms with Gasteiger partial charge in [-0.15, -0.1) is 0 Å². The molecule has 0 saturated carbocycles. The van der Waals surface area contributed by atoms with Gasteiger partial charge in [0.05, 0.1) is 5.69 Å². The number of anilines is 1. The molecule has 0 radical (unpaired) electrons. The Morgan fingerprint density at radius 3 is 2.89 bits per heavy atom. The van der Waals surface area contributed by atoms with Crippen LogP contribution in [-0.4, -0.2) is 39.2 Å². The number of aryl methyl sites for hydroxylation is 1. The van der Waals surface area contributed by atoms with E-state index in [1.54, 1.807) is 30.1 Å². The van der Waals surface area contributed by atoms with Gasteiger partial charge in [-0.25, -0.2) is 15.4 Å². The van der Waals surface area contributed by atoms with Crippen molar-refractivity contribution in [3.63, 3.8) is 0 Å². The number of likely N-dealkylation sites (N-methyl/N-ethyl adjacent to an activating group) is 1. The predicted molar refractivity (Wildman–Crippen MR) is 105 cm³/mol. The van der Waals surface area contributed by atoms with Crippen LogP contribution in [0.2, 0.25) is 0 Å². The molecular weight excluding hydrogens is 354 g/mol. The lowest BCUT2D eigenvalue weighted by Crippen LogP contribution is -2.37. The van der Waals surface area contributed by atoms with E-state index in [0.717, 1.165) is 36.1 Å². The van der Waals surface area contributed by atoms with Gasteiger partial charge in [-0.1, -0.05) is 6.07 Å². The van der Waals surface area contributed by atoms with E-state index in [9.17, 15) is 4.79 Å². The fraction of sp³-hybridized carbons (Fsp3) is 0.238. The molecule has 1 aliphatic carbocycles. The summed E-state index contributed by atoms with van der Waals surface area (Å²) in [4.78, 5) is 27.1. The molecule has 3 aromatic rings. The highest BCUT2D eigenvalue weighted by Crippen LogP contribution is 2.27. The van der Waals surface area contributed by atoms with Gasteiger partial charge in [0.15, 0.2) is 0 Å². The van der Waals surface area contributed by atoms with E-state index in [1.807, 2.05) is 37.4 Å². The van der Waals surface area contributed by atoms with Gasteiger partial charge in [-0.05, 0) is 60.7 Å². The number of hydrogen-bond acceptors (Lipinski definition) is 6. The van der Waals surface area contributed by atoms with Gasteiger partial charge in [0.25, 0.3) is 5.91 Å². The zero-order valence-corrected chi connectivity index (χ0v) is 15.5. The highest BCUT2D eigenvalue weighted by atomic mass is 16.5. The molecule has 142 valence electrons. The summed E-state index contributed by atoms with van der Waals surface area (Å²) in [6.45, 7) is 0. The standard InChI is InChI=1S/C21H21N5O2/c1-26(21-23-10-8-19(24-21)16-3-2-9-22-13-16)18-7-6-14-4-5-15(20(27)25-28)11-17(14)12-18/h2-5,8-11,13,18,28H,6-7,12H2,1H3,(H,25,27). The summed E-state index contributed by atoms with van der Waals surface area (Å²) in [5, 5.41) is 8.87. The van der Waals surface area contributed by atoms with Crippen LogP contribution in [0.4, 0.5) is 5.95 Å². The number of pyridine rings is 1. The molecule has 0 spiro atoms. The van der Waals surface area contributed by atoms with Crippen LogP contribution in [0.15, 0.2) is 55.0 Å². The van der Waals surface area contributed by atoms with Crippen LogP contribution >= 0.6 is 0 Å². The van der Waals surface area contributed by atoms with E-state index in [2.05, 4.69) is 14.9 Å². The molecule has 2 heterocycles. The Morgan fingerprint density at radius 2 is 2.11 bits per heavy atom. The molecule has 28 heavy (non-hydrogen) atoms. The predicted octanol–water partition coefficient (Wildman–Crippen LogP) is 2.65. The van der Waals surface area contributed by atoms with Crippen molar-refractivity contribution in [2.24, 2.45) is 0 Å². The molecule has 2 N–H and O–H groups in total. The Hall–Kier alpha value is -3.32. The molecule has 1 atom stereocenters. The van der Waals surface area contributed by atoms with Crippen LogP contribution in [0.3, 0.4) is 0 Å². The minimum Gasteiger partial charge on any atom is -0.341 e. The molecule has 1 aromatic carbocycles. The van der Waals surface area contributed by atoms with E-state index in [1.165, 1.54) is 5.56 Å². The summed E-state index contributed by atoms with van der Waals surface area (Å²) in [6.07, 6.45) is 7.99. The number of benzene rings is 1. The average Bonchev–Trinajstić information content (AvgIpc) is 2.78. The molecule has 0 fully saturated rings. The Labute approximate surface area is 163 Å². The number of carbonyl (C=O) groups is 1. The van der Waals surface area contributed by atoms with Crippen molar-refractivity contribution in [2.45, 2.75) is 25.3 Å². The first kappa shape index (κ1) is 18.1. The zero-order chi connectivity index (χ0) is 19.5. The molecule has 2 aromatic heterocycles. The van der Waals surface area contributed by atoms with E-state index >= 15 is 0 Å². The summed E-state index contributed by atoms with van der Waals surface area (Å²) < 4.78 is 0. The molecule has 1 aliphatic rings. The summed E-state index contributed by atoms with van der Waals surface area (Å²) in [5.41, 5.74) is 6.30. The Balaban J connectivity index is 1.57. The van der Waals surface area contributed by atoms with Crippen LogP contribution in [0.1, 0.15) is 27.9 Å². The minimum atomic E-state index is -0.495. The van der Waals surface area contributed by atoms with E-state index in [0.29, 0.717) is 11.5 Å². The van der Waals surface area contributed by atoms with Crippen molar-refractivity contribution >= 4 is 11.9 Å². The smallest absolute Gasteiger partial charge is 0.274 e. The van der Waals surface area contributed by atoms with Crippen molar-refractivity contribution in [1.29, 1.82) is 0 Å². The van der Waals surface area contributed by atoms with Gasteiger partial charge >= 0.3 is 0 Å². The number of hydrogen-bond donors (Lipinski definition) is 2. The summed E-state index contributed by atoms with van der Waals surface area (Å²) in [6, 6.07) is 11.5. The number of carbonyl (C=O) groups excluding carboxylic acids is 1. The van der Waals surface area contributed by atoms with Crippen LogP contribution in [0.25, 0.3) is 11.3 Å². The fourth-order valence-electron chi connectivity index (χ4n) is 3.63. The van der Waals surface area contributed by atoms with Gasteiger partial charge in [0, 0.05) is 42.8 Å². The SMILES string of the molecule is CN(c1nccc(-c2cccnc2)n1)C1CCc2ccc(C(=O)NO)cc2C1. The van der Waals surface area contributed by atoms with E-state index in [4.69, 9.17) is 10.2 Å². The number of amides is 1. The second-order valence-corrected chi connectivity index (χ2v) is 6.92. The highest BCUT2D eigenvalue weighted by Gasteiger charge is 2.24. The lowest BCUT2D eigenvalue weighted by Gasteiger charge is -2.32. The molecule has 4 rings (SSSR count). The maximum Gasteiger partial charge on any atom is 0.274 e. The number of aromatic nitrogens is 3. The first-order valence-electron chi connectivity index (χ1n) is 9.18. The van der Waals surface area contributed by atoms with Crippen LogP contribution in [0.5, 0.6) is 0 Å². The number of nitrogens with zero attached hydrogens (tertiary/aromatic N) is 4. The van der Waals surface area contributed by atoms with Crippen LogP contribution in [0, 0.1) is 0 Å². The van der Waals surface area contributed by atoms with Gasteiger partial charge in [-0.3, -0.25) is 15.0 Å². The third-order valence-corrected chi connectivity index (χ3v) is 5.24. The molecule has 1 unspecified atom stereocenters. The molecule has 0 aliphatic heterocycles. The van der Waals surface area contributed by atoms with Gasteiger partial charge < -0.3 is 4.90 Å². The molecule has 7 heteroatoms. The third-order valence-electron chi connectivity index (χ3n) is 5.24. The van der Waals surface area contributed by atoms with Crippen LogP contribution < -0.4 is 10.4 Å². The number of nitrogens with one attached hydrogen (secondary N) is 1. The zero-order valence-electron chi connectivity index (χ0n) is 15.5. The quantitative estimate of drug-likeness (QED) is 0.538. The molecule has 7 nitrogen and oxygen atoms in total. The maximum atomic E-state index is 11.7. The van der Waals surface area contributed by atoms with E-state index < -0.39 is 5.91 Å². The number of hydroxylamine groups is 1. The largest absolute Gasteiger partial charge is 0.341 e. The maximum absolute atomic E-state index is 11.7. The van der Waals surface area contributed by atoms with Gasteiger partial charge in [0.2, 0.25) is 5.95 Å². The second-order valence-electron chi connectivity index (χ2n) is 6.92. The lowest BCUT2D eigenvalue weighted by atomic mass is 9.86. The lowest BCUT2D eigenvalue weighted by molar-refractivity contribution is 0.0706. The Bertz CT molecular complexity index is 993.